The summed E-state index contributed by atoms with van der Waals surface area (Å²) >= 11 is 1.33. The predicted molar refractivity (Wildman–Crippen MR) is 98.4 cm³/mol. The van der Waals surface area contributed by atoms with Crippen LogP contribution in [-0.4, -0.2) is 41.3 Å². The molecule has 0 bridgehead atoms. The van der Waals surface area contributed by atoms with E-state index in [0.717, 1.165) is 29.1 Å². The van der Waals surface area contributed by atoms with Gasteiger partial charge in [0.2, 0.25) is 11.0 Å². The van der Waals surface area contributed by atoms with Gasteiger partial charge >= 0.3 is 0 Å². The lowest BCUT2D eigenvalue weighted by Crippen LogP contribution is -2.26. The van der Waals surface area contributed by atoms with Gasteiger partial charge in [-0.15, -0.1) is 10.2 Å². The maximum Gasteiger partial charge on any atom is 0.255 e. The number of hydrogen-bond acceptors (Lipinski definition) is 6. The van der Waals surface area contributed by atoms with Crippen molar-refractivity contribution in [1.82, 2.24) is 10.2 Å². The fourth-order valence-corrected chi connectivity index (χ4v) is 4.18. The molecule has 1 N–H and O–H groups in total. The second-order valence-corrected chi connectivity index (χ2v) is 7.69. The normalized spacial score (nSPS) is 22.8. The Labute approximate surface area is 155 Å². The molecule has 2 amide bonds. The highest BCUT2D eigenvalue weighted by atomic mass is 32.1. The van der Waals surface area contributed by atoms with Gasteiger partial charge in [0.05, 0.1) is 0 Å². The van der Waals surface area contributed by atoms with Crippen LogP contribution in [0.2, 0.25) is 0 Å². The van der Waals surface area contributed by atoms with E-state index in [1.807, 2.05) is 31.2 Å². The number of rotatable bonds is 4. The third-order valence-corrected chi connectivity index (χ3v) is 5.68. The molecule has 2 fully saturated rings. The molecular weight excluding hydrogens is 352 g/mol. The molecule has 7 nitrogen and oxygen atoms in total. The molecule has 0 aliphatic carbocycles. The summed E-state index contributed by atoms with van der Waals surface area (Å²) in [5.74, 6) is -0.0938. The number of aromatic nitrogens is 2. The first-order chi connectivity index (χ1) is 12.6. The minimum atomic E-state index is -0.396. The maximum absolute atomic E-state index is 12.4. The fourth-order valence-electron chi connectivity index (χ4n) is 3.34. The van der Waals surface area contributed by atoms with Gasteiger partial charge in [-0.1, -0.05) is 23.5 Å². The van der Waals surface area contributed by atoms with E-state index in [2.05, 4.69) is 15.5 Å². The number of amides is 2. The predicted octanol–water partition coefficient (Wildman–Crippen LogP) is 2.48. The molecule has 4 rings (SSSR count). The lowest BCUT2D eigenvalue weighted by atomic mass is 10.1. The Morgan fingerprint density at radius 2 is 2.27 bits per heavy atom. The Morgan fingerprint density at radius 1 is 1.38 bits per heavy atom. The molecule has 2 saturated heterocycles. The van der Waals surface area contributed by atoms with Crippen LogP contribution in [0, 0.1) is 6.92 Å². The summed E-state index contributed by atoms with van der Waals surface area (Å²) in [5.41, 5.74) is 2.03. The molecule has 2 unspecified atom stereocenters. The van der Waals surface area contributed by atoms with E-state index in [1.54, 1.807) is 4.90 Å². The van der Waals surface area contributed by atoms with Crippen LogP contribution in [0.4, 0.5) is 10.8 Å². The van der Waals surface area contributed by atoms with E-state index < -0.39 is 6.10 Å². The molecule has 8 heteroatoms. The van der Waals surface area contributed by atoms with Gasteiger partial charge in [0.15, 0.2) is 0 Å². The summed E-state index contributed by atoms with van der Waals surface area (Å²) < 4.78 is 5.37. The molecule has 2 aromatic rings. The van der Waals surface area contributed by atoms with Crippen LogP contribution < -0.4 is 10.2 Å². The summed E-state index contributed by atoms with van der Waals surface area (Å²) in [7, 11) is 0. The van der Waals surface area contributed by atoms with Crippen molar-refractivity contribution in [3.63, 3.8) is 0 Å². The topological polar surface area (TPSA) is 84.4 Å². The minimum absolute atomic E-state index is 0.00565. The van der Waals surface area contributed by atoms with E-state index in [1.165, 1.54) is 11.3 Å². The van der Waals surface area contributed by atoms with E-state index in [4.69, 9.17) is 4.74 Å². The molecule has 2 atom stereocenters. The van der Waals surface area contributed by atoms with Crippen LogP contribution >= 0.6 is 11.3 Å². The average Bonchev–Trinajstić information content (AvgIpc) is 3.35. The third-order valence-electron chi connectivity index (χ3n) is 4.68. The van der Waals surface area contributed by atoms with Gasteiger partial charge in [-0.05, 0) is 37.5 Å². The van der Waals surface area contributed by atoms with Crippen LogP contribution in [0.3, 0.4) is 0 Å². The number of anilines is 2. The quantitative estimate of drug-likeness (QED) is 0.891. The van der Waals surface area contributed by atoms with Crippen LogP contribution in [0.1, 0.15) is 35.8 Å². The Hall–Kier alpha value is -2.32. The fraction of sp³-hybridized carbons (Fsp3) is 0.444. The van der Waals surface area contributed by atoms with E-state index in [9.17, 15) is 9.59 Å². The number of nitrogens with zero attached hydrogens (tertiary/aromatic N) is 3. The van der Waals surface area contributed by atoms with Gasteiger partial charge in [0.1, 0.15) is 11.1 Å². The van der Waals surface area contributed by atoms with Crippen molar-refractivity contribution in [3.05, 3.63) is 34.8 Å². The molecule has 1 aromatic carbocycles. The second kappa shape index (κ2) is 7.13. The molecule has 0 radical (unpaired) electrons. The van der Waals surface area contributed by atoms with Crippen LogP contribution in [0.15, 0.2) is 24.3 Å². The van der Waals surface area contributed by atoms with E-state index in [0.29, 0.717) is 24.7 Å². The van der Waals surface area contributed by atoms with Crippen molar-refractivity contribution in [2.24, 2.45) is 0 Å². The van der Waals surface area contributed by atoms with Crippen molar-refractivity contribution >= 4 is 34.0 Å². The summed E-state index contributed by atoms with van der Waals surface area (Å²) in [6.45, 7) is 3.21. The smallest absolute Gasteiger partial charge is 0.255 e. The molecule has 2 aliphatic rings. The number of aryl methyl sites for hydroxylation is 1. The molecular formula is C18H20N4O3S. The van der Waals surface area contributed by atoms with Gasteiger partial charge in [-0.25, -0.2) is 0 Å². The zero-order chi connectivity index (χ0) is 18.1. The van der Waals surface area contributed by atoms with E-state index in [-0.39, 0.29) is 17.7 Å². The van der Waals surface area contributed by atoms with Gasteiger partial charge in [-0.2, -0.15) is 0 Å². The van der Waals surface area contributed by atoms with Crippen molar-refractivity contribution in [1.29, 1.82) is 0 Å². The Kier molecular flexibility index (Phi) is 4.69. The van der Waals surface area contributed by atoms with Gasteiger partial charge in [0.25, 0.3) is 5.91 Å². The van der Waals surface area contributed by atoms with Crippen LogP contribution in [0.5, 0.6) is 0 Å². The summed E-state index contributed by atoms with van der Waals surface area (Å²) in [6.07, 6.45) is 1.65. The summed E-state index contributed by atoms with van der Waals surface area (Å²) in [5, 5.41) is 12.3. The number of carbonyl (C=O) groups is 2. The van der Waals surface area contributed by atoms with Crippen LogP contribution in [0.25, 0.3) is 0 Å². The monoisotopic (exact) mass is 372 g/mol. The molecule has 0 saturated carbocycles. The molecule has 26 heavy (non-hydrogen) atoms. The SMILES string of the molecule is Cc1cccc(N2CC(c3nnc(NC(=O)C4CCCO4)s3)CC2=O)c1. The van der Waals surface area contributed by atoms with Crippen molar-refractivity contribution in [2.45, 2.75) is 38.2 Å². The molecule has 1 aromatic heterocycles. The highest BCUT2D eigenvalue weighted by molar-refractivity contribution is 7.15. The Bertz CT molecular complexity index is 831. The maximum atomic E-state index is 12.4. The first-order valence-corrected chi connectivity index (χ1v) is 9.55. The molecule has 0 spiro atoms. The number of benzene rings is 1. The molecule has 3 heterocycles. The first-order valence-electron chi connectivity index (χ1n) is 8.73. The summed E-state index contributed by atoms with van der Waals surface area (Å²) in [4.78, 5) is 26.3. The zero-order valence-corrected chi connectivity index (χ0v) is 15.3. The number of hydrogen-bond donors (Lipinski definition) is 1. The van der Waals surface area contributed by atoms with Crippen molar-refractivity contribution in [2.75, 3.05) is 23.4 Å². The Morgan fingerprint density at radius 3 is 3.04 bits per heavy atom. The summed E-state index contributed by atoms with van der Waals surface area (Å²) in [6, 6.07) is 7.92. The largest absolute Gasteiger partial charge is 0.368 e. The zero-order valence-electron chi connectivity index (χ0n) is 14.5. The van der Waals surface area contributed by atoms with Gasteiger partial charge in [-0.3, -0.25) is 14.9 Å². The third kappa shape index (κ3) is 3.47. The number of ether oxygens (including phenoxy) is 1. The average molecular weight is 372 g/mol. The number of nitrogens with one attached hydrogen (secondary N) is 1. The second-order valence-electron chi connectivity index (χ2n) is 6.68. The highest BCUT2D eigenvalue weighted by Gasteiger charge is 2.34. The van der Waals surface area contributed by atoms with Crippen molar-refractivity contribution < 1.29 is 14.3 Å². The molecule has 136 valence electrons. The van der Waals surface area contributed by atoms with Gasteiger partial charge < -0.3 is 9.64 Å². The van der Waals surface area contributed by atoms with Gasteiger partial charge in [0, 0.05) is 31.2 Å². The Balaban J connectivity index is 1.43. The van der Waals surface area contributed by atoms with Crippen LogP contribution in [-0.2, 0) is 14.3 Å². The molecule has 2 aliphatic heterocycles. The first kappa shape index (κ1) is 17.1. The lowest BCUT2D eigenvalue weighted by Gasteiger charge is -2.16. The van der Waals surface area contributed by atoms with E-state index >= 15 is 0 Å². The standard InChI is InChI=1S/C18H20N4O3S/c1-11-4-2-5-13(8-11)22-10-12(9-15(22)23)17-20-21-18(26-17)19-16(24)14-6-3-7-25-14/h2,4-5,8,12,14H,3,6-7,9-10H2,1H3,(H,19,21,24). The number of carbonyl (C=O) groups excluding carboxylic acids is 2. The minimum Gasteiger partial charge on any atom is -0.368 e. The lowest BCUT2D eigenvalue weighted by molar-refractivity contribution is -0.124. The highest BCUT2D eigenvalue weighted by Crippen LogP contribution is 2.34. The van der Waals surface area contributed by atoms with Crippen molar-refractivity contribution in [3.8, 4) is 0 Å².